The number of carbonyl (C=O) groups excluding carboxylic acids is 1. The van der Waals surface area contributed by atoms with Crippen LogP contribution in [0.15, 0.2) is 6.20 Å². The summed E-state index contributed by atoms with van der Waals surface area (Å²) in [6, 6.07) is 0. The first-order valence-corrected chi connectivity index (χ1v) is 6.49. The molecular formula is C14H20N4O2. The van der Waals surface area contributed by atoms with E-state index in [9.17, 15) is 4.79 Å². The van der Waals surface area contributed by atoms with Crippen molar-refractivity contribution in [2.45, 2.75) is 34.2 Å². The van der Waals surface area contributed by atoms with Crippen molar-refractivity contribution in [2.75, 3.05) is 7.11 Å². The third-order valence-electron chi connectivity index (χ3n) is 3.16. The number of rotatable bonds is 3. The lowest BCUT2D eigenvalue weighted by molar-refractivity contribution is -0.128. The van der Waals surface area contributed by atoms with Crippen LogP contribution in [0.25, 0.3) is 10.9 Å². The van der Waals surface area contributed by atoms with Crippen molar-refractivity contribution in [3.05, 3.63) is 17.5 Å². The van der Waals surface area contributed by atoms with Crippen molar-refractivity contribution in [1.29, 1.82) is 0 Å². The number of H-pyrrole nitrogens is 1. The lowest BCUT2D eigenvalue weighted by Crippen LogP contribution is -2.34. The van der Waals surface area contributed by atoms with Crippen LogP contribution in [-0.2, 0) is 11.3 Å². The fraction of sp³-hybridized carbons (Fsp3) is 0.500. The van der Waals surface area contributed by atoms with E-state index in [1.54, 1.807) is 13.3 Å². The van der Waals surface area contributed by atoms with E-state index >= 15 is 0 Å². The average molecular weight is 276 g/mol. The van der Waals surface area contributed by atoms with Gasteiger partial charge in [-0.05, 0) is 6.92 Å². The molecule has 0 aliphatic rings. The molecule has 0 unspecified atom stereocenters. The van der Waals surface area contributed by atoms with Gasteiger partial charge < -0.3 is 10.1 Å². The number of nitrogens with zero attached hydrogens (tertiary/aromatic N) is 2. The molecule has 0 spiro atoms. The normalized spacial score (nSPS) is 11.7. The van der Waals surface area contributed by atoms with Crippen molar-refractivity contribution in [2.24, 2.45) is 5.41 Å². The molecule has 0 fully saturated rings. The molecule has 6 heteroatoms. The molecule has 0 aliphatic carbocycles. The predicted molar refractivity (Wildman–Crippen MR) is 76.5 cm³/mol. The highest BCUT2D eigenvalue weighted by Crippen LogP contribution is 2.26. The van der Waals surface area contributed by atoms with Crippen molar-refractivity contribution >= 4 is 16.8 Å². The van der Waals surface area contributed by atoms with Crippen molar-refractivity contribution in [1.82, 2.24) is 20.5 Å². The van der Waals surface area contributed by atoms with Crippen molar-refractivity contribution < 1.29 is 9.53 Å². The summed E-state index contributed by atoms with van der Waals surface area (Å²) in [5, 5.41) is 10.8. The molecule has 2 aromatic heterocycles. The smallest absolute Gasteiger partial charge is 0.225 e. The zero-order chi connectivity index (χ0) is 14.9. The number of hydrogen-bond acceptors (Lipinski definition) is 4. The van der Waals surface area contributed by atoms with E-state index < -0.39 is 5.41 Å². The maximum atomic E-state index is 12.0. The molecule has 20 heavy (non-hydrogen) atoms. The first-order chi connectivity index (χ1) is 9.34. The highest BCUT2D eigenvalue weighted by molar-refractivity contribution is 5.86. The predicted octanol–water partition coefficient (Wildman–Crippen LogP) is 1.94. The molecule has 6 nitrogen and oxygen atoms in total. The van der Waals surface area contributed by atoms with Gasteiger partial charge in [-0.25, -0.2) is 4.98 Å². The highest BCUT2D eigenvalue weighted by Gasteiger charge is 2.22. The van der Waals surface area contributed by atoms with E-state index in [4.69, 9.17) is 4.74 Å². The van der Waals surface area contributed by atoms with Gasteiger partial charge in [-0.2, -0.15) is 5.10 Å². The van der Waals surface area contributed by atoms with Crippen molar-refractivity contribution in [3.8, 4) is 5.88 Å². The molecule has 2 aromatic rings. The Labute approximate surface area is 117 Å². The topological polar surface area (TPSA) is 79.9 Å². The molecule has 2 rings (SSSR count). The fourth-order valence-electron chi connectivity index (χ4n) is 1.94. The van der Waals surface area contributed by atoms with Crippen LogP contribution >= 0.6 is 0 Å². The number of nitrogens with one attached hydrogen (secondary N) is 2. The van der Waals surface area contributed by atoms with E-state index in [2.05, 4.69) is 20.5 Å². The van der Waals surface area contributed by atoms with Gasteiger partial charge >= 0.3 is 0 Å². The van der Waals surface area contributed by atoms with E-state index in [1.807, 2.05) is 27.7 Å². The quantitative estimate of drug-likeness (QED) is 0.897. The van der Waals surface area contributed by atoms with Crippen LogP contribution in [0.1, 0.15) is 32.0 Å². The number of methoxy groups -OCH3 is 1. The van der Waals surface area contributed by atoms with E-state index in [0.717, 1.165) is 22.2 Å². The van der Waals surface area contributed by atoms with Gasteiger partial charge in [0, 0.05) is 10.8 Å². The van der Waals surface area contributed by atoms with E-state index in [0.29, 0.717) is 12.4 Å². The molecule has 0 aliphatic heterocycles. The SMILES string of the molecule is COc1nc(C)c2cn[nH]c2c1CNC(=O)C(C)(C)C. The standard InChI is InChI=1S/C14H20N4O2/c1-8-9-7-16-18-11(9)10(12(17-8)20-5)6-15-13(19)14(2,3)4/h7H,6H2,1-5H3,(H,15,19)(H,16,18). The number of aromatic nitrogens is 3. The Morgan fingerprint density at radius 3 is 2.75 bits per heavy atom. The van der Waals surface area contributed by atoms with Crippen LogP contribution < -0.4 is 10.1 Å². The summed E-state index contributed by atoms with van der Waals surface area (Å²) in [5.41, 5.74) is 2.07. The van der Waals surface area contributed by atoms with E-state index in [1.165, 1.54) is 0 Å². The number of pyridine rings is 1. The van der Waals surface area contributed by atoms with Gasteiger partial charge in [0.15, 0.2) is 0 Å². The lowest BCUT2D eigenvalue weighted by Gasteiger charge is -2.18. The molecule has 0 saturated heterocycles. The number of ether oxygens (including phenoxy) is 1. The average Bonchev–Trinajstić information content (AvgIpc) is 2.85. The largest absolute Gasteiger partial charge is 0.481 e. The summed E-state index contributed by atoms with van der Waals surface area (Å²) in [7, 11) is 1.57. The first-order valence-electron chi connectivity index (χ1n) is 6.49. The molecule has 2 heterocycles. The van der Waals surface area contributed by atoms with Gasteiger partial charge in [-0.1, -0.05) is 20.8 Å². The summed E-state index contributed by atoms with van der Waals surface area (Å²) in [4.78, 5) is 16.4. The Kier molecular flexibility index (Phi) is 3.65. The van der Waals surface area contributed by atoms with Crippen LogP contribution in [0, 0.1) is 12.3 Å². The Morgan fingerprint density at radius 1 is 1.45 bits per heavy atom. The number of hydrogen-bond donors (Lipinski definition) is 2. The summed E-state index contributed by atoms with van der Waals surface area (Å²) < 4.78 is 5.31. The number of aromatic amines is 1. The number of aryl methyl sites for hydroxylation is 1. The van der Waals surface area contributed by atoms with Gasteiger partial charge in [-0.15, -0.1) is 0 Å². The second-order valence-corrected chi connectivity index (χ2v) is 5.78. The highest BCUT2D eigenvalue weighted by atomic mass is 16.5. The maximum absolute atomic E-state index is 12.0. The van der Waals surface area contributed by atoms with Crippen LogP contribution in [0.2, 0.25) is 0 Å². The zero-order valence-electron chi connectivity index (χ0n) is 12.5. The van der Waals surface area contributed by atoms with Crippen LogP contribution in [0.3, 0.4) is 0 Å². The molecule has 2 N–H and O–H groups in total. The summed E-state index contributed by atoms with van der Waals surface area (Å²) in [6.45, 7) is 7.87. The monoisotopic (exact) mass is 276 g/mol. The minimum atomic E-state index is -0.432. The third-order valence-corrected chi connectivity index (χ3v) is 3.16. The van der Waals surface area contributed by atoms with Gasteiger partial charge in [-0.3, -0.25) is 9.89 Å². The lowest BCUT2D eigenvalue weighted by atomic mass is 9.95. The Balaban J connectivity index is 2.36. The molecule has 0 radical (unpaired) electrons. The molecule has 1 amide bonds. The second kappa shape index (κ2) is 5.11. The molecule has 0 bridgehead atoms. The minimum Gasteiger partial charge on any atom is -0.481 e. The minimum absolute atomic E-state index is 0.0206. The van der Waals surface area contributed by atoms with Crippen LogP contribution in [-0.4, -0.2) is 28.2 Å². The van der Waals surface area contributed by atoms with Gasteiger partial charge in [0.05, 0.1) is 36.6 Å². The van der Waals surface area contributed by atoms with Gasteiger partial charge in [0.1, 0.15) is 0 Å². The Bertz CT molecular complexity index is 640. The molecule has 0 aromatic carbocycles. The van der Waals surface area contributed by atoms with Gasteiger partial charge in [0.2, 0.25) is 11.8 Å². The van der Waals surface area contributed by atoms with E-state index in [-0.39, 0.29) is 5.91 Å². The second-order valence-electron chi connectivity index (χ2n) is 5.78. The molecule has 0 saturated carbocycles. The zero-order valence-corrected chi connectivity index (χ0v) is 12.5. The summed E-state index contributed by atoms with van der Waals surface area (Å²) in [5.74, 6) is 0.487. The third kappa shape index (κ3) is 2.59. The summed E-state index contributed by atoms with van der Waals surface area (Å²) in [6.07, 6.45) is 1.73. The molecule has 108 valence electrons. The molecular weight excluding hydrogens is 256 g/mol. The number of amides is 1. The Morgan fingerprint density at radius 2 is 2.15 bits per heavy atom. The van der Waals surface area contributed by atoms with Crippen LogP contribution in [0.5, 0.6) is 5.88 Å². The fourth-order valence-corrected chi connectivity index (χ4v) is 1.94. The maximum Gasteiger partial charge on any atom is 0.225 e. The first kappa shape index (κ1) is 14.3. The van der Waals surface area contributed by atoms with Crippen molar-refractivity contribution in [3.63, 3.8) is 0 Å². The van der Waals surface area contributed by atoms with Gasteiger partial charge in [0.25, 0.3) is 0 Å². The van der Waals surface area contributed by atoms with Crippen LogP contribution in [0.4, 0.5) is 0 Å². The molecule has 0 atom stereocenters. The summed E-state index contributed by atoms with van der Waals surface area (Å²) >= 11 is 0. The number of fused-ring (bicyclic) bond motifs is 1. The Hall–Kier alpha value is -2.11. The number of carbonyl (C=O) groups is 1.